The first-order chi connectivity index (χ1) is 14.9. The van der Waals surface area contributed by atoms with Crippen molar-refractivity contribution < 1.29 is 13.2 Å². The van der Waals surface area contributed by atoms with Gasteiger partial charge in [-0.15, -0.1) is 10.2 Å². The van der Waals surface area contributed by atoms with Gasteiger partial charge in [0.15, 0.2) is 5.82 Å². The molecule has 3 aromatic carbocycles. The van der Waals surface area contributed by atoms with E-state index in [2.05, 4.69) is 20.2 Å². The predicted octanol–water partition coefficient (Wildman–Crippen LogP) is 3.05. The minimum absolute atomic E-state index is 0.172. The van der Waals surface area contributed by atoms with E-state index in [4.69, 9.17) is 5.73 Å². The van der Waals surface area contributed by atoms with Crippen molar-refractivity contribution in [3.05, 3.63) is 78.4 Å². The number of nitrogens with zero attached hydrogens (tertiary/aromatic N) is 2. The van der Waals surface area contributed by atoms with E-state index in [1.165, 1.54) is 19.2 Å². The molecule has 0 aliphatic carbocycles. The molecule has 0 unspecified atom stereocenters. The van der Waals surface area contributed by atoms with Gasteiger partial charge >= 0.3 is 0 Å². The fourth-order valence-electron chi connectivity index (χ4n) is 3.17. The molecule has 156 valence electrons. The van der Waals surface area contributed by atoms with Gasteiger partial charge in [0, 0.05) is 27.6 Å². The van der Waals surface area contributed by atoms with Gasteiger partial charge in [0.2, 0.25) is 15.9 Å². The number of fused-ring (bicyclic) bond motifs is 1. The Morgan fingerprint density at radius 2 is 1.52 bits per heavy atom. The van der Waals surface area contributed by atoms with Crippen molar-refractivity contribution in [2.75, 3.05) is 12.4 Å². The number of benzene rings is 3. The maximum Gasteiger partial charge on any atom is 0.248 e. The van der Waals surface area contributed by atoms with Crippen molar-refractivity contribution in [3.63, 3.8) is 0 Å². The van der Waals surface area contributed by atoms with Gasteiger partial charge < -0.3 is 11.1 Å². The van der Waals surface area contributed by atoms with Crippen LogP contribution >= 0.6 is 0 Å². The fourth-order valence-corrected chi connectivity index (χ4v) is 3.90. The quantitative estimate of drug-likeness (QED) is 0.429. The third-order valence-electron chi connectivity index (χ3n) is 4.83. The Balaban J connectivity index is 1.71. The second kappa shape index (κ2) is 8.13. The van der Waals surface area contributed by atoms with Gasteiger partial charge in [-0.25, -0.2) is 13.1 Å². The van der Waals surface area contributed by atoms with E-state index in [1.54, 1.807) is 36.4 Å². The average Bonchev–Trinajstić information content (AvgIpc) is 2.80. The summed E-state index contributed by atoms with van der Waals surface area (Å²) in [5.74, 6) is 0.0490. The van der Waals surface area contributed by atoms with E-state index in [0.29, 0.717) is 22.8 Å². The van der Waals surface area contributed by atoms with Crippen LogP contribution in [-0.4, -0.2) is 31.6 Å². The van der Waals surface area contributed by atoms with E-state index >= 15 is 0 Å². The van der Waals surface area contributed by atoms with Crippen molar-refractivity contribution in [3.8, 4) is 11.3 Å². The molecule has 31 heavy (non-hydrogen) atoms. The van der Waals surface area contributed by atoms with Crippen molar-refractivity contribution in [2.45, 2.75) is 4.90 Å². The summed E-state index contributed by atoms with van der Waals surface area (Å²) in [6.45, 7) is 0. The highest BCUT2D eigenvalue weighted by Crippen LogP contribution is 2.31. The summed E-state index contributed by atoms with van der Waals surface area (Å²) in [5, 5.41) is 13.6. The van der Waals surface area contributed by atoms with Crippen LogP contribution in [0.3, 0.4) is 0 Å². The zero-order chi connectivity index (χ0) is 22.0. The molecule has 9 heteroatoms. The first kappa shape index (κ1) is 20.5. The lowest BCUT2D eigenvalue weighted by Crippen LogP contribution is -2.18. The lowest BCUT2D eigenvalue weighted by Gasteiger charge is -2.12. The Hall–Kier alpha value is -3.82. The molecule has 4 rings (SSSR count). The number of carbonyl (C=O) groups excluding carboxylic acids is 1. The zero-order valence-electron chi connectivity index (χ0n) is 16.5. The third kappa shape index (κ3) is 4.09. The molecule has 0 bridgehead atoms. The van der Waals surface area contributed by atoms with Crippen LogP contribution in [0.15, 0.2) is 77.7 Å². The molecule has 0 radical (unpaired) electrons. The first-order valence-corrected chi connectivity index (χ1v) is 10.8. The van der Waals surface area contributed by atoms with Crippen LogP contribution in [0.4, 0.5) is 11.5 Å². The van der Waals surface area contributed by atoms with Crippen LogP contribution in [0.5, 0.6) is 0 Å². The molecule has 0 saturated carbocycles. The minimum atomic E-state index is -3.50. The summed E-state index contributed by atoms with van der Waals surface area (Å²) in [6, 6.07) is 20.9. The number of nitrogens with one attached hydrogen (secondary N) is 2. The van der Waals surface area contributed by atoms with Gasteiger partial charge in [0.1, 0.15) is 5.69 Å². The predicted molar refractivity (Wildman–Crippen MR) is 119 cm³/mol. The van der Waals surface area contributed by atoms with Crippen LogP contribution < -0.4 is 15.8 Å². The van der Waals surface area contributed by atoms with Crippen molar-refractivity contribution in [1.82, 2.24) is 14.9 Å². The van der Waals surface area contributed by atoms with Gasteiger partial charge in [-0.1, -0.05) is 36.4 Å². The van der Waals surface area contributed by atoms with Crippen LogP contribution in [0, 0.1) is 0 Å². The van der Waals surface area contributed by atoms with Gasteiger partial charge in [-0.3, -0.25) is 4.79 Å². The van der Waals surface area contributed by atoms with Gasteiger partial charge in [-0.05, 0) is 43.4 Å². The van der Waals surface area contributed by atoms with Crippen molar-refractivity contribution in [1.29, 1.82) is 0 Å². The third-order valence-corrected chi connectivity index (χ3v) is 6.26. The summed E-state index contributed by atoms with van der Waals surface area (Å²) in [6.07, 6.45) is 0. The van der Waals surface area contributed by atoms with Crippen molar-refractivity contribution in [2.24, 2.45) is 5.73 Å². The highest BCUT2D eigenvalue weighted by Gasteiger charge is 2.13. The average molecular weight is 433 g/mol. The second-order valence-corrected chi connectivity index (χ2v) is 8.63. The van der Waals surface area contributed by atoms with Crippen LogP contribution in [-0.2, 0) is 10.0 Å². The second-order valence-electron chi connectivity index (χ2n) is 6.74. The highest BCUT2D eigenvalue weighted by atomic mass is 32.2. The number of anilines is 2. The molecule has 0 saturated heterocycles. The summed E-state index contributed by atoms with van der Waals surface area (Å²) < 4.78 is 26.1. The molecule has 0 fully saturated rings. The molecular weight excluding hydrogens is 414 g/mol. The van der Waals surface area contributed by atoms with Gasteiger partial charge in [0.25, 0.3) is 0 Å². The number of hydrogen-bond acceptors (Lipinski definition) is 6. The number of nitrogens with two attached hydrogens (primary N) is 1. The molecule has 0 atom stereocenters. The largest absolute Gasteiger partial charge is 0.366 e. The molecule has 1 heterocycles. The lowest BCUT2D eigenvalue weighted by molar-refractivity contribution is 0.100. The maximum absolute atomic E-state index is 11.9. The minimum Gasteiger partial charge on any atom is -0.366 e. The van der Waals surface area contributed by atoms with E-state index in [-0.39, 0.29) is 4.90 Å². The highest BCUT2D eigenvalue weighted by molar-refractivity contribution is 7.89. The number of hydrogen-bond donors (Lipinski definition) is 3. The number of sulfonamides is 1. The van der Waals surface area contributed by atoms with Gasteiger partial charge in [0.05, 0.1) is 4.90 Å². The van der Waals surface area contributed by atoms with E-state index in [1.807, 2.05) is 24.3 Å². The zero-order valence-corrected chi connectivity index (χ0v) is 17.3. The molecule has 0 aliphatic rings. The standard InChI is InChI=1S/C22H19N5O3S/c1-24-31(29,30)17-12-10-16(11-13-17)25-22-19-5-3-2-4-18(19)20(26-27-22)14-6-8-15(9-7-14)21(23)28/h2-13,24H,1H3,(H2,23,28)(H,25,27). The Morgan fingerprint density at radius 1 is 0.871 bits per heavy atom. The molecule has 0 spiro atoms. The number of carbonyl (C=O) groups is 1. The summed E-state index contributed by atoms with van der Waals surface area (Å²) in [4.78, 5) is 11.5. The number of rotatable bonds is 6. The summed E-state index contributed by atoms with van der Waals surface area (Å²) >= 11 is 0. The number of aromatic nitrogens is 2. The summed E-state index contributed by atoms with van der Waals surface area (Å²) in [5.41, 5.74) is 7.89. The number of amides is 1. The molecular formula is C22H19N5O3S. The number of primary amides is 1. The molecule has 4 aromatic rings. The summed E-state index contributed by atoms with van der Waals surface area (Å²) in [7, 11) is -2.13. The van der Waals surface area contributed by atoms with Crippen LogP contribution in [0.1, 0.15) is 10.4 Å². The molecule has 8 nitrogen and oxygen atoms in total. The Bertz CT molecular complexity index is 1370. The topological polar surface area (TPSA) is 127 Å². The van der Waals surface area contributed by atoms with Crippen LogP contribution in [0.25, 0.3) is 22.0 Å². The smallest absolute Gasteiger partial charge is 0.248 e. The SMILES string of the molecule is CNS(=O)(=O)c1ccc(Nc2nnc(-c3ccc(C(N)=O)cc3)c3ccccc23)cc1. The van der Waals surface area contributed by atoms with Gasteiger partial charge in [-0.2, -0.15) is 0 Å². The molecule has 4 N–H and O–H groups in total. The first-order valence-electron chi connectivity index (χ1n) is 9.35. The van der Waals surface area contributed by atoms with E-state index in [9.17, 15) is 13.2 Å². The Labute approximate surface area is 179 Å². The van der Waals surface area contributed by atoms with Crippen LogP contribution in [0.2, 0.25) is 0 Å². The molecule has 1 amide bonds. The molecule has 0 aliphatic heterocycles. The Kier molecular flexibility index (Phi) is 5.37. The van der Waals surface area contributed by atoms with E-state index in [0.717, 1.165) is 16.3 Å². The normalized spacial score (nSPS) is 11.4. The van der Waals surface area contributed by atoms with Crippen molar-refractivity contribution >= 4 is 38.2 Å². The maximum atomic E-state index is 11.9. The van der Waals surface area contributed by atoms with E-state index < -0.39 is 15.9 Å². The molecule has 1 aromatic heterocycles. The fraction of sp³-hybridized carbons (Fsp3) is 0.0455. The Morgan fingerprint density at radius 3 is 2.13 bits per heavy atom. The lowest BCUT2D eigenvalue weighted by atomic mass is 10.0. The monoisotopic (exact) mass is 433 g/mol.